The van der Waals surface area contributed by atoms with Crippen molar-refractivity contribution in [2.24, 2.45) is 0 Å². The molecular weight excluding hydrogens is 267 g/mol. The number of rotatable bonds is 3. The van der Waals surface area contributed by atoms with Gasteiger partial charge in [0.2, 0.25) is 0 Å². The first-order chi connectivity index (χ1) is 8.48. The first kappa shape index (κ1) is 13.1. The van der Waals surface area contributed by atoms with Crippen LogP contribution < -0.4 is 10.6 Å². The Balaban J connectivity index is 2.42. The van der Waals surface area contributed by atoms with Crippen LogP contribution in [0.3, 0.4) is 0 Å². The molecule has 1 N–H and O–H groups in total. The summed E-state index contributed by atoms with van der Waals surface area (Å²) in [6.45, 7) is 3.50. The molecule has 1 aromatic carbocycles. The van der Waals surface area contributed by atoms with E-state index in [9.17, 15) is 4.57 Å². The molecule has 0 aliphatic rings. The minimum Gasteiger partial charge on any atom is -0.354 e. The molecule has 0 unspecified atom stereocenters. The second-order valence-electron chi connectivity index (χ2n) is 4.35. The number of halogens is 1. The fourth-order valence-corrected chi connectivity index (χ4v) is 2.99. The van der Waals surface area contributed by atoms with Crippen LogP contribution in [0.4, 0.5) is 11.4 Å². The van der Waals surface area contributed by atoms with Crippen LogP contribution in [0.2, 0.25) is 5.02 Å². The summed E-state index contributed by atoms with van der Waals surface area (Å²) < 4.78 is 12.2. The van der Waals surface area contributed by atoms with E-state index in [1.807, 2.05) is 24.3 Å². The molecule has 0 spiro atoms. The van der Waals surface area contributed by atoms with Gasteiger partial charge in [0.05, 0.1) is 10.7 Å². The lowest BCUT2D eigenvalue weighted by Crippen LogP contribution is -2.09. The summed E-state index contributed by atoms with van der Waals surface area (Å²) in [5.41, 5.74) is 1.58. The Kier molecular flexibility index (Phi) is 3.74. The highest BCUT2D eigenvalue weighted by Crippen LogP contribution is 2.38. The van der Waals surface area contributed by atoms with Gasteiger partial charge in [-0.05, 0) is 31.5 Å². The lowest BCUT2D eigenvalue weighted by molar-refractivity contribution is 0.588. The van der Waals surface area contributed by atoms with Crippen molar-refractivity contribution in [2.45, 2.75) is 0 Å². The van der Waals surface area contributed by atoms with E-state index in [0.717, 1.165) is 16.7 Å². The van der Waals surface area contributed by atoms with Crippen molar-refractivity contribution in [3.05, 3.63) is 47.7 Å². The lowest BCUT2D eigenvalue weighted by atomic mass is 10.3. The Morgan fingerprint density at radius 2 is 1.89 bits per heavy atom. The minimum atomic E-state index is -2.33. The van der Waals surface area contributed by atoms with Crippen molar-refractivity contribution in [1.82, 2.24) is 4.98 Å². The third kappa shape index (κ3) is 2.92. The number of hydrogen-bond donors (Lipinski definition) is 1. The molecule has 2 aromatic rings. The fourth-order valence-electron chi connectivity index (χ4n) is 1.67. The number of nitrogens with one attached hydrogen (secondary N) is 1. The summed E-state index contributed by atoms with van der Waals surface area (Å²) in [6, 6.07) is 9.34. The highest BCUT2D eigenvalue weighted by atomic mass is 35.5. The van der Waals surface area contributed by atoms with Crippen LogP contribution in [0.5, 0.6) is 0 Å². The predicted octanol–water partition coefficient (Wildman–Crippen LogP) is 3.73. The van der Waals surface area contributed by atoms with Crippen molar-refractivity contribution < 1.29 is 4.57 Å². The third-order valence-corrected chi connectivity index (χ3v) is 4.38. The predicted molar refractivity (Wildman–Crippen MR) is 78.1 cm³/mol. The highest BCUT2D eigenvalue weighted by molar-refractivity contribution is 7.70. The van der Waals surface area contributed by atoms with Crippen LogP contribution in [0.25, 0.3) is 0 Å². The largest absolute Gasteiger partial charge is 0.354 e. The molecular formula is C13H14ClN2OP. The van der Waals surface area contributed by atoms with Crippen LogP contribution in [0.1, 0.15) is 0 Å². The molecule has 94 valence electrons. The molecule has 5 heteroatoms. The molecule has 0 aliphatic carbocycles. The van der Waals surface area contributed by atoms with Gasteiger partial charge in [-0.2, -0.15) is 0 Å². The summed E-state index contributed by atoms with van der Waals surface area (Å²) in [5.74, 6) is 0. The normalized spacial score (nSPS) is 11.3. The number of nitrogens with zero attached hydrogens (tertiary/aromatic N) is 1. The molecule has 0 bridgehead atoms. The molecule has 1 aromatic heterocycles. The monoisotopic (exact) mass is 280 g/mol. The zero-order chi connectivity index (χ0) is 13.2. The summed E-state index contributed by atoms with van der Waals surface area (Å²) >= 11 is 6.05. The van der Waals surface area contributed by atoms with Gasteiger partial charge in [-0.25, -0.2) is 0 Å². The summed E-state index contributed by atoms with van der Waals surface area (Å²) in [7, 11) is -2.33. The first-order valence-electron chi connectivity index (χ1n) is 5.49. The van der Waals surface area contributed by atoms with Crippen molar-refractivity contribution in [3.8, 4) is 0 Å². The fraction of sp³-hybridized carbons (Fsp3) is 0.154. The third-order valence-electron chi connectivity index (χ3n) is 2.53. The molecule has 0 saturated carbocycles. The SMILES string of the molecule is CP(C)(=O)c1ccccc1Nc1ccncc1Cl. The van der Waals surface area contributed by atoms with Crippen molar-refractivity contribution in [1.29, 1.82) is 0 Å². The highest BCUT2D eigenvalue weighted by Gasteiger charge is 2.15. The molecule has 1 heterocycles. The maximum atomic E-state index is 12.2. The Morgan fingerprint density at radius 1 is 1.17 bits per heavy atom. The quantitative estimate of drug-likeness (QED) is 0.871. The Hall–Kier alpha value is -1.31. The van der Waals surface area contributed by atoms with Crippen molar-refractivity contribution >= 4 is 35.4 Å². The van der Waals surface area contributed by atoms with E-state index >= 15 is 0 Å². The molecule has 0 fully saturated rings. The number of para-hydroxylation sites is 1. The maximum absolute atomic E-state index is 12.2. The van der Waals surface area contributed by atoms with E-state index in [0.29, 0.717) is 5.02 Å². The van der Waals surface area contributed by atoms with Gasteiger partial charge in [-0.1, -0.05) is 23.7 Å². The first-order valence-corrected chi connectivity index (χ1v) is 8.47. The summed E-state index contributed by atoms with van der Waals surface area (Å²) in [5, 5.41) is 4.56. The van der Waals surface area contributed by atoms with Crippen molar-refractivity contribution in [3.63, 3.8) is 0 Å². The van der Waals surface area contributed by atoms with Gasteiger partial charge in [0.15, 0.2) is 0 Å². The Bertz CT molecular complexity index is 609. The van der Waals surface area contributed by atoms with E-state index < -0.39 is 7.14 Å². The Labute approximate surface area is 112 Å². The van der Waals surface area contributed by atoms with E-state index in [1.165, 1.54) is 0 Å². The second kappa shape index (κ2) is 5.13. The van der Waals surface area contributed by atoms with E-state index in [2.05, 4.69) is 10.3 Å². The average molecular weight is 281 g/mol. The molecule has 0 atom stereocenters. The van der Waals surface area contributed by atoms with Crippen LogP contribution in [-0.2, 0) is 4.57 Å². The number of benzene rings is 1. The zero-order valence-electron chi connectivity index (χ0n) is 10.2. The van der Waals surface area contributed by atoms with Crippen LogP contribution in [0, 0.1) is 0 Å². The van der Waals surface area contributed by atoms with Gasteiger partial charge in [-0.15, -0.1) is 0 Å². The molecule has 18 heavy (non-hydrogen) atoms. The van der Waals surface area contributed by atoms with Gasteiger partial charge >= 0.3 is 0 Å². The minimum absolute atomic E-state index is 0.536. The Morgan fingerprint density at radius 3 is 2.56 bits per heavy atom. The standard InChI is InChI=1S/C13H14ClN2OP/c1-18(2,17)13-6-4-3-5-12(13)16-11-7-8-15-9-10(11)14/h3-9H,1-2H3,(H,15,16). The van der Waals surface area contributed by atoms with Crippen LogP contribution >= 0.6 is 18.7 Å². The number of aromatic nitrogens is 1. The number of anilines is 2. The molecule has 0 radical (unpaired) electrons. The average Bonchev–Trinajstić information content (AvgIpc) is 2.31. The van der Waals surface area contributed by atoms with Gasteiger partial charge in [-0.3, -0.25) is 4.98 Å². The number of hydrogen-bond acceptors (Lipinski definition) is 3. The van der Waals surface area contributed by atoms with E-state index in [4.69, 9.17) is 11.6 Å². The van der Waals surface area contributed by atoms with Gasteiger partial charge in [0, 0.05) is 23.4 Å². The summed E-state index contributed by atoms with van der Waals surface area (Å²) in [6.07, 6.45) is 3.23. The molecule has 0 amide bonds. The van der Waals surface area contributed by atoms with Gasteiger partial charge in [0.25, 0.3) is 0 Å². The van der Waals surface area contributed by atoms with Crippen LogP contribution in [-0.4, -0.2) is 18.3 Å². The topological polar surface area (TPSA) is 42.0 Å². The lowest BCUT2D eigenvalue weighted by Gasteiger charge is -2.15. The maximum Gasteiger partial charge on any atom is 0.111 e. The van der Waals surface area contributed by atoms with Crippen LogP contribution in [0.15, 0.2) is 42.7 Å². The molecule has 0 aliphatic heterocycles. The smallest absolute Gasteiger partial charge is 0.111 e. The zero-order valence-corrected chi connectivity index (χ0v) is 11.9. The van der Waals surface area contributed by atoms with E-state index in [1.54, 1.807) is 31.8 Å². The second-order valence-corrected chi connectivity index (χ2v) is 7.94. The number of pyridine rings is 1. The molecule has 0 saturated heterocycles. The van der Waals surface area contributed by atoms with E-state index in [-0.39, 0.29) is 0 Å². The summed E-state index contributed by atoms with van der Waals surface area (Å²) in [4.78, 5) is 3.93. The molecule has 2 rings (SSSR count). The van der Waals surface area contributed by atoms with Crippen molar-refractivity contribution in [2.75, 3.05) is 18.6 Å². The van der Waals surface area contributed by atoms with Gasteiger partial charge < -0.3 is 9.88 Å². The van der Waals surface area contributed by atoms with Gasteiger partial charge in [0.1, 0.15) is 7.14 Å². The molecule has 3 nitrogen and oxygen atoms in total.